The van der Waals surface area contributed by atoms with Crippen molar-refractivity contribution in [3.63, 3.8) is 0 Å². The van der Waals surface area contributed by atoms with Gasteiger partial charge in [0.25, 0.3) is 0 Å². The number of hydrogen-bond acceptors (Lipinski definition) is 6. The van der Waals surface area contributed by atoms with Crippen molar-refractivity contribution in [3.05, 3.63) is 0 Å². The molecule has 4 aliphatic rings. The topological polar surface area (TPSA) is 104 Å². The number of rotatable bonds is 5. The molecular weight excluding hydrogens is 396 g/mol. The van der Waals surface area contributed by atoms with Gasteiger partial charge < -0.3 is 20.1 Å². The Morgan fingerprint density at radius 1 is 1.03 bits per heavy atom. The molecule has 4 fully saturated rings. The molecule has 0 amide bonds. The smallest absolute Gasteiger partial charge is 0.302 e. The lowest BCUT2D eigenvalue weighted by Crippen LogP contribution is -2.59. The second-order valence-electron chi connectivity index (χ2n) is 11.6. The minimum absolute atomic E-state index is 0.0220. The van der Waals surface area contributed by atoms with Crippen LogP contribution < -0.4 is 0 Å². The molecular formula is C25H40O6. The van der Waals surface area contributed by atoms with Gasteiger partial charge in [0.2, 0.25) is 0 Å². The Bertz CT molecular complexity index is 709. The highest BCUT2D eigenvalue weighted by Crippen LogP contribution is 2.68. The Kier molecular flexibility index (Phi) is 6.06. The van der Waals surface area contributed by atoms with E-state index in [1.54, 1.807) is 0 Å². The van der Waals surface area contributed by atoms with Gasteiger partial charge in [0.15, 0.2) is 0 Å². The summed E-state index contributed by atoms with van der Waals surface area (Å²) in [5, 5.41) is 30.2. The summed E-state index contributed by atoms with van der Waals surface area (Å²) < 4.78 is 5.53. The van der Waals surface area contributed by atoms with Crippen molar-refractivity contribution in [2.24, 2.45) is 45.8 Å². The molecule has 0 aromatic carbocycles. The van der Waals surface area contributed by atoms with Crippen molar-refractivity contribution in [1.29, 1.82) is 0 Å². The van der Waals surface area contributed by atoms with Crippen LogP contribution in [0.2, 0.25) is 0 Å². The van der Waals surface area contributed by atoms with Crippen LogP contribution in [0.15, 0.2) is 0 Å². The lowest BCUT2D eigenvalue weighted by atomic mass is 9.43. The molecule has 0 spiro atoms. The number of carbonyl (C=O) groups excluding carboxylic acids is 2. The predicted octanol–water partition coefficient (Wildman–Crippen LogP) is 2.72. The summed E-state index contributed by atoms with van der Waals surface area (Å²) in [6.45, 7) is 5.17. The van der Waals surface area contributed by atoms with Gasteiger partial charge in [-0.1, -0.05) is 13.8 Å². The quantitative estimate of drug-likeness (QED) is 0.573. The van der Waals surface area contributed by atoms with Gasteiger partial charge in [0, 0.05) is 24.7 Å². The summed E-state index contributed by atoms with van der Waals surface area (Å²) >= 11 is 0. The second-order valence-corrected chi connectivity index (χ2v) is 11.6. The zero-order valence-electron chi connectivity index (χ0n) is 19.3. The van der Waals surface area contributed by atoms with Crippen LogP contribution in [0.1, 0.15) is 72.1 Å². The average Bonchev–Trinajstić information content (AvgIpc) is 3.07. The highest BCUT2D eigenvalue weighted by atomic mass is 16.5. The Hall–Kier alpha value is -0.980. The Morgan fingerprint density at radius 2 is 1.71 bits per heavy atom. The molecule has 0 radical (unpaired) electrons. The third-order valence-electron chi connectivity index (χ3n) is 10.3. The first-order valence-corrected chi connectivity index (χ1v) is 12.2. The molecule has 6 nitrogen and oxygen atoms in total. The van der Waals surface area contributed by atoms with Crippen molar-refractivity contribution in [3.8, 4) is 0 Å². The van der Waals surface area contributed by atoms with E-state index in [1.165, 1.54) is 6.92 Å². The van der Waals surface area contributed by atoms with E-state index in [0.29, 0.717) is 30.0 Å². The normalized spacial score (nSPS) is 44.9. The fourth-order valence-corrected chi connectivity index (χ4v) is 8.86. The van der Waals surface area contributed by atoms with Crippen LogP contribution in [0, 0.1) is 45.8 Å². The predicted molar refractivity (Wildman–Crippen MR) is 115 cm³/mol. The van der Waals surface area contributed by atoms with Crippen molar-refractivity contribution in [1.82, 2.24) is 0 Å². The van der Waals surface area contributed by atoms with Crippen LogP contribution in [-0.4, -0.2) is 53.0 Å². The SMILES string of the molecule is CC(=O)O[C@@H]1CC[C@@]2(C)[C@H](CC[C@H]3[C@@H]4CC[C@H](C(CO)(CO)CO)[C@@]4(C)CC(=O)[C@@H]32)C1. The van der Waals surface area contributed by atoms with E-state index in [4.69, 9.17) is 4.74 Å². The number of aliphatic hydroxyl groups excluding tert-OH is 3. The van der Waals surface area contributed by atoms with Gasteiger partial charge in [-0.25, -0.2) is 0 Å². The highest BCUT2D eigenvalue weighted by Gasteiger charge is 2.65. The summed E-state index contributed by atoms with van der Waals surface area (Å²) in [7, 11) is 0. The van der Waals surface area contributed by atoms with Crippen LogP contribution in [0.25, 0.3) is 0 Å². The lowest BCUT2D eigenvalue weighted by molar-refractivity contribution is -0.174. The van der Waals surface area contributed by atoms with E-state index in [2.05, 4.69) is 13.8 Å². The molecule has 0 bridgehead atoms. The number of Topliss-reactive ketones (excluding diaryl/α,β-unsaturated/α-hetero) is 1. The van der Waals surface area contributed by atoms with E-state index in [0.717, 1.165) is 44.9 Å². The summed E-state index contributed by atoms with van der Waals surface area (Å²) in [6.07, 6.45) is 6.97. The number of hydrogen-bond donors (Lipinski definition) is 3. The standard InChI is InChI=1S/C25H40O6/c1-15(29)31-17-8-9-23(2)16(10-17)4-5-18-19-6-7-21(25(12-26,13-27)14-28)24(19,3)11-20(30)22(18)23/h16-19,21-22,26-28H,4-14H2,1-3H3/t16-,17-,18+,19+,21+,22-,23+,24+/m1/s1. The number of esters is 1. The van der Waals surface area contributed by atoms with Gasteiger partial charge in [-0.3, -0.25) is 9.59 Å². The fraction of sp³-hybridized carbons (Fsp3) is 0.920. The third-order valence-corrected chi connectivity index (χ3v) is 10.3. The van der Waals surface area contributed by atoms with Crippen molar-refractivity contribution in [2.75, 3.05) is 19.8 Å². The Labute approximate surface area is 185 Å². The zero-order valence-corrected chi connectivity index (χ0v) is 19.3. The fourth-order valence-electron chi connectivity index (χ4n) is 8.86. The van der Waals surface area contributed by atoms with Crippen LogP contribution in [0.3, 0.4) is 0 Å². The first-order valence-electron chi connectivity index (χ1n) is 12.2. The number of aliphatic hydroxyl groups is 3. The zero-order chi connectivity index (χ0) is 22.6. The first kappa shape index (κ1) is 23.2. The summed E-state index contributed by atoms with van der Waals surface area (Å²) in [5.41, 5.74) is -1.26. The van der Waals surface area contributed by atoms with E-state index in [-0.39, 0.29) is 54.6 Å². The van der Waals surface area contributed by atoms with Gasteiger partial charge in [-0.2, -0.15) is 0 Å². The van der Waals surface area contributed by atoms with Crippen molar-refractivity contribution >= 4 is 11.8 Å². The molecule has 0 aromatic rings. The maximum atomic E-state index is 13.8. The molecule has 0 aromatic heterocycles. The van der Waals surface area contributed by atoms with Gasteiger partial charge in [-0.15, -0.1) is 0 Å². The van der Waals surface area contributed by atoms with Crippen LogP contribution in [0.4, 0.5) is 0 Å². The monoisotopic (exact) mass is 436 g/mol. The van der Waals surface area contributed by atoms with Gasteiger partial charge in [-0.05, 0) is 79.4 Å². The van der Waals surface area contributed by atoms with E-state index >= 15 is 0 Å². The first-order chi connectivity index (χ1) is 14.6. The molecule has 0 heterocycles. The minimum Gasteiger partial charge on any atom is -0.463 e. The largest absolute Gasteiger partial charge is 0.463 e. The molecule has 0 aliphatic heterocycles. The average molecular weight is 437 g/mol. The maximum Gasteiger partial charge on any atom is 0.302 e. The van der Waals surface area contributed by atoms with Gasteiger partial charge >= 0.3 is 5.97 Å². The summed E-state index contributed by atoms with van der Waals surface area (Å²) in [6, 6.07) is 0. The molecule has 4 saturated carbocycles. The molecule has 8 atom stereocenters. The minimum atomic E-state index is -0.931. The van der Waals surface area contributed by atoms with Crippen molar-refractivity contribution < 1.29 is 29.6 Å². The third kappa shape index (κ3) is 3.39. The van der Waals surface area contributed by atoms with Crippen LogP contribution in [0.5, 0.6) is 0 Å². The molecule has 4 rings (SSSR count). The number of fused-ring (bicyclic) bond motifs is 5. The second kappa shape index (κ2) is 8.11. The van der Waals surface area contributed by atoms with E-state index in [1.807, 2.05) is 0 Å². The number of carbonyl (C=O) groups is 2. The molecule has 176 valence electrons. The summed E-state index contributed by atoms with van der Waals surface area (Å²) in [5.74, 6) is 1.22. The van der Waals surface area contributed by atoms with Gasteiger partial charge in [0.05, 0.1) is 19.8 Å². The molecule has 6 heteroatoms. The number of ketones is 1. The maximum absolute atomic E-state index is 13.8. The lowest BCUT2D eigenvalue weighted by Gasteiger charge is -2.60. The summed E-state index contributed by atoms with van der Waals surface area (Å²) in [4.78, 5) is 25.2. The molecule has 3 N–H and O–H groups in total. The van der Waals surface area contributed by atoms with E-state index < -0.39 is 5.41 Å². The van der Waals surface area contributed by atoms with Crippen LogP contribution in [-0.2, 0) is 14.3 Å². The Morgan fingerprint density at radius 3 is 2.32 bits per heavy atom. The van der Waals surface area contributed by atoms with Crippen LogP contribution >= 0.6 is 0 Å². The molecule has 0 saturated heterocycles. The van der Waals surface area contributed by atoms with Crippen molar-refractivity contribution in [2.45, 2.75) is 78.2 Å². The van der Waals surface area contributed by atoms with Gasteiger partial charge in [0.1, 0.15) is 11.9 Å². The molecule has 4 aliphatic carbocycles. The van der Waals surface area contributed by atoms with E-state index in [9.17, 15) is 24.9 Å². The Balaban J connectivity index is 1.60. The molecule has 31 heavy (non-hydrogen) atoms. The molecule has 0 unspecified atom stereocenters. The highest BCUT2D eigenvalue weighted by molar-refractivity contribution is 5.84. The number of ether oxygens (including phenoxy) is 1.